The van der Waals surface area contributed by atoms with Crippen molar-refractivity contribution in [1.29, 1.82) is 0 Å². The minimum atomic E-state index is -0.303. The second-order valence-corrected chi connectivity index (χ2v) is 6.40. The highest BCUT2D eigenvalue weighted by Gasteiger charge is 2.48. The van der Waals surface area contributed by atoms with Crippen LogP contribution in [0.4, 0.5) is 0 Å². The van der Waals surface area contributed by atoms with E-state index in [4.69, 9.17) is 14.4 Å². The molecule has 0 aromatic carbocycles. The van der Waals surface area contributed by atoms with Gasteiger partial charge in [0, 0.05) is 26.7 Å². The number of methoxy groups -OCH3 is 1. The second-order valence-electron chi connectivity index (χ2n) is 6.40. The number of hydrogen-bond acceptors (Lipinski definition) is 7. The number of carbonyl (C=O) groups excluding carboxylic acids is 1. The van der Waals surface area contributed by atoms with Crippen LogP contribution in [0.3, 0.4) is 0 Å². The molecule has 1 aromatic rings. The van der Waals surface area contributed by atoms with Crippen LogP contribution >= 0.6 is 0 Å². The van der Waals surface area contributed by atoms with Crippen LogP contribution in [-0.4, -0.2) is 70.8 Å². The molecule has 2 aliphatic rings. The number of ether oxygens (including phenoxy) is 1. The number of nitrogens with zero attached hydrogens (tertiary/aromatic N) is 4. The molecule has 3 rings (SSSR count). The molecule has 1 aromatic heterocycles. The highest BCUT2D eigenvalue weighted by atomic mass is 16.5. The number of aromatic nitrogens is 2. The molecule has 2 aliphatic heterocycles. The minimum absolute atomic E-state index is 0.0236. The number of aliphatic hydroxyl groups is 1. The van der Waals surface area contributed by atoms with E-state index in [-0.39, 0.29) is 17.9 Å². The summed E-state index contributed by atoms with van der Waals surface area (Å²) in [6.07, 6.45) is 2.77. The summed E-state index contributed by atoms with van der Waals surface area (Å²) in [5.41, 5.74) is -0.303. The SMILES string of the molecule is COCc1noc(CN2CC[C@]3(CCCN(CCO)C3=O)C2)n1. The van der Waals surface area contributed by atoms with Crippen molar-refractivity contribution in [2.24, 2.45) is 5.41 Å². The molecule has 1 spiro atoms. The normalized spacial score (nSPS) is 25.7. The van der Waals surface area contributed by atoms with Crippen molar-refractivity contribution < 1.29 is 19.2 Å². The van der Waals surface area contributed by atoms with E-state index >= 15 is 0 Å². The number of carbonyl (C=O) groups is 1. The molecular weight excluding hydrogens is 300 g/mol. The lowest BCUT2D eigenvalue weighted by Gasteiger charge is -2.39. The molecular formula is C15H24N4O4. The second kappa shape index (κ2) is 6.94. The van der Waals surface area contributed by atoms with Crippen molar-refractivity contribution in [2.45, 2.75) is 32.4 Å². The lowest BCUT2D eigenvalue weighted by molar-refractivity contribution is -0.146. The van der Waals surface area contributed by atoms with Crippen molar-refractivity contribution in [3.05, 3.63) is 11.7 Å². The molecule has 23 heavy (non-hydrogen) atoms. The van der Waals surface area contributed by atoms with E-state index in [1.54, 1.807) is 12.0 Å². The molecule has 3 heterocycles. The van der Waals surface area contributed by atoms with Crippen LogP contribution in [-0.2, 0) is 22.7 Å². The molecule has 0 saturated carbocycles. The maximum atomic E-state index is 12.7. The van der Waals surface area contributed by atoms with Crippen LogP contribution in [0.2, 0.25) is 0 Å². The van der Waals surface area contributed by atoms with Gasteiger partial charge >= 0.3 is 0 Å². The first kappa shape index (κ1) is 16.4. The Bertz CT molecular complexity index is 547. The zero-order valence-electron chi connectivity index (χ0n) is 13.5. The van der Waals surface area contributed by atoms with Crippen LogP contribution in [0.1, 0.15) is 31.0 Å². The Kier molecular flexibility index (Phi) is 4.93. The third kappa shape index (κ3) is 3.39. The Hall–Kier alpha value is -1.51. The van der Waals surface area contributed by atoms with Gasteiger partial charge < -0.3 is 19.3 Å². The Balaban J connectivity index is 1.61. The summed E-state index contributed by atoms with van der Waals surface area (Å²) >= 11 is 0. The zero-order valence-corrected chi connectivity index (χ0v) is 13.5. The van der Waals surface area contributed by atoms with E-state index in [9.17, 15) is 4.79 Å². The third-order valence-electron chi connectivity index (χ3n) is 4.77. The molecule has 8 heteroatoms. The van der Waals surface area contributed by atoms with Gasteiger partial charge in [-0.3, -0.25) is 9.69 Å². The minimum Gasteiger partial charge on any atom is -0.395 e. The fourth-order valence-corrected chi connectivity index (χ4v) is 3.69. The van der Waals surface area contributed by atoms with Gasteiger partial charge in [0.2, 0.25) is 11.8 Å². The van der Waals surface area contributed by atoms with E-state index in [2.05, 4.69) is 15.0 Å². The number of aliphatic hydroxyl groups excluding tert-OH is 1. The van der Waals surface area contributed by atoms with Gasteiger partial charge in [-0.1, -0.05) is 5.16 Å². The molecule has 0 radical (unpaired) electrons. The molecule has 1 amide bonds. The Morgan fingerprint density at radius 3 is 3.04 bits per heavy atom. The lowest BCUT2D eigenvalue weighted by atomic mass is 9.78. The number of hydrogen-bond donors (Lipinski definition) is 1. The van der Waals surface area contributed by atoms with E-state index in [0.29, 0.717) is 31.4 Å². The lowest BCUT2D eigenvalue weighted by Crippen LogP contribution is -2.50. The van der Waals surface area contributed by atoms with Crippen molar-refractivity contribution in [3.8, 4) is 0 Å². The predicted molar refractivity (Wildman–Crippen MR) is 80.2 cm³/mol. The van der Waals surface area contributed by atoms with Gasteiger partial charge in [0.1, 0.15) is 6.61 Å². The van der Waals surface area contributed by atoms with Gasteiger partial charge in [-0.05, 0) is 25.8 Å². The standard InChI is InChI=1S/C15H24N4O4/c1-22-10-12-16-13(23-17-12)9-18-6-4-15(11-18)3-2-5-19(7-8-20)14(15)21/h20H,2-11H2,1H3/t15-/m1/s1. The van der Waals surface area contributed by atoms with Crippen molar-refractivity contribution in [2.75, 3.05) is 39.9 Å². The molecule has 0 aliphatic carbocycles. The molecule has 1 N–H and O–H groups in total. The maximum Gasteiger partial charge on any atom is 0.240 e. The Morgan fingerprint density at radius 1 is 1.39 bits per heavy atom. The van der Waals surface area contributed by atoms with Crippen molar-refractivity contribution in [1.82, 2.24) is 19.9 Å². The van der Waals surface area contributed by atoms with Crippen LogP contribution in [0.5, 0.6) is 0 Å². The first-order valence-corrected chi connectivity index (χ1v) is 8.10. The largest absolute Gasteiger partial charge is 0.395 e. The molecule has 8 nitrogen and oxygen atoms in total. The molecule has 0 bridgehead atoms. The molecule has 0 unspecified atom stereocenters. The first-order valence-electron chi connectivity index (χ1n) is 8.10. The molecule has 1 atom stereocenters. The number of piperidine rings is 1. The summed E-state index contributed by atoms with van der Waals surface area (Å²) in [7, 11) is 1.59. The monoisotopic (exact) mass is 324 g/mol. The number of amides is 1. The number of likely N-dealkylation sites (tertiary alicyclic amines) is 2. The topological polar surface area (TPSA) is 91.9 Å². The van der Waals surface area contributed by atoms with Crippen LogP contribution in [0.25, 0.3) is 0 Å². The fourth-order valence-electron chi connectivity index (χ4n) is 3.69. The van der Waals surface area contributed by atoms with Gasteiger partial charge in [0.05, 0.1) is 18.6 Å². The highest BCUT2D eigenvalue weighted by molar-refractivity contribution is 5.84. The number of β-amino-alcohol motifs (C(OH)–C–C–N with tert-alkyl or cyclic N) is 1. The average molecular weight is 324 g/mol. The highest BCUT2D eigenvalue weighted by Crippen LogP contribution is 2.40. The summed E-state index contributed by atoms with van der Waals surface area (Å²) in [6.45, 7) is 3.68. The summed E-state index contributed by atoms with van der Waals surface area (Å²) in [4.78, 5) is 21.0. The van der Waals surface area contributed by atoms with Crippen molar-refractivity contribution >= 4 is 5.91 Å². The quantitative estimate of drug-likeness (QED) is 0.789. The molecule has 128 valence electrons. The summed E-state index contributed by atoms with van der Waals surface area (Å²) < 4.78 is 10.2. The third-order valence-corrected chi connectivity index (χ3v) is 4.77. The van der Waals surface area contributed by atoms with E-state index in [0.717, 1.165) is 38.9 Å². The maximum absolute atomic E-state index is 12.7. The summed E-state index contributed by atoms with van der Waals surface area (Å²) in [5, 5.41) is 13.0. The van der Waals surface area contributed by atoms with Crippen LogP contribution in [0.15, 0.2) is 4.52 Å². The van der Waals surface area contributed by atoms with Gasteiger partial charge in [-0.15, -0.1) is 0 Å². The van der Waals surface area contributed by atoms with Gasteiger partial charge in [-0.25, -0.2) is 0 Å². The smallest absolute Gasteiger partial charge is 0.240 e. The zero-order chi connectivity index (χ0) is 16.3. The summed E-state index contributed by atoms with van der Waals surface area (Å²) in [6, 6.07) is 0. The van der Waals surface area contributed by atoms with Crippen molar-refractivity contribution in [3.63, 3.8) is 0 Å². The Labute approximate surface area is 135 Å². The van der Waals surface area contributed by atoms with E-state index < -0.39 is 0 Å². The van der Waals surface area contributed by atoms with Crippen LogP contribution in [0, 0.1) is 5.41 Å². The predicted octanol–water partition coefficient (Wildman–Crippen LogP) is 0.0228. The number of rotatable bonds is 6. The fraction of sp³-hybridized carbons (Fsp3) is 0.800. The van der Waals surface area contributed by atoms with E-state index in [1.165, 1.54) is 0 Å². The average Bonchev–Trinajstić information content (AvgIpc) is 3.14. The van der Waals surface area contributed by atoms with Crippen LogP contribution < -0.4 is 0 Å². The van der Waals surface area contributed by atoms with Gasteiger partial charge in [0.15, 0.2) is 5.82 Å². The first-order chi connectivity index (χ1) is 11.2. The molecule has 2 fully saturated rings. The molecule has 2 saturated heterocycles. The van der Waals surface area contributed by atoms with Gasteiger partial charge in [-0.2, -0.15) is 4.98 Å². The van der Waals surface area contributed by atoms with E-state index in [1.807, 2.05) is 0 Å². The summed E-state index contributed by atoms with van der Waals surface area (Å²) in [5.74, 6) is 1.29. The van der Waals surface area contributed by atoms with Gasteiger partial charge in [0.25, 0.3) is 0 Å². The Morgan fingerprint density at radius 2 is 2.26 bits per heavy atom.